The lowest BCUT2D eigenvalue weighted by atomic mass is 9.82. The van der Waals surface area contributed by atoms with E-state index in [9.17, 15) is 4.39 Å². The topological polar surface area (TPSA) is 32.3 Å². The van der Waals surface area contributed by atoms with Crippen LogP contribution in [-0.2, 0) is 5.41 Å². The highest BCUT2D eigenvalue weighted by molar-refractivity contribution is 6.28. The van der Waals surface area contributed by atoms with Gasteiger partial charge in [0.1, 0.15) is 12.1 Å². The maximum atomic E-state index is 14.5. The summed E-state index contributed by atoms with van der Waals surface area (Å²) in [5.41, 5.74) is 10.8. The van der Waals surface area contributed by atoms with Crippen LogP contribution < -0.4 is 9.80 Å². The van der Waals surface area contributed by atoms with E-state index < -0.39 is 0 Å². The monoisotopic (exact) mass is 672 g/mol. The summed E-state index contributed by atoms with van der Waals surface area (Å²) in [7, 11) is 0. The molecule has 0 amide bonds. The average molecular weight is 673 g/mol. The van der Waals surface area contributed by atoms with E-state index in [1.54, 1.807) is 18.5 Å². The second kappa shape index (κ2) is 11.5. The van der Waals surface area contributed by atoms with Crippen LogP contribution in [0.15, 0.2) is 164 Å². The lowest BCUT2D eigenvalue weighted by Crippen LogP contribution is -2.16. The van der Waals surface area contributed by atoms with Gasteiger partial charge in [-0.05, 0) is 92.8 Å². The minimum absolute atomic E-state index is 0.163. The Labute approximate surface area is 301 Å². The third kappa shape index (κ3) is 4.45. The lowest BCUT2D eigenvalue weighted by Gasteiger charge is -2.30. The van der Waals surface area contributed by atoms with Gasteiger partial charge in [0.25, 0.3) is 0 Å². The number of aromatic nitrogens is 2. The van der Waals surface area contributed by atoms with Crippen molar-refractivity contribution in [2.45, 2.75) is 19.3 Å². The van der Waals surface area contributed by atoms with Crippen molar-refractivity contribution < 1.29 is 4.39 Å². The number of rotatable bonds is 6. The van der Waals surface area contributed by atoms with Gasteiger partial charge in [0.2, 0.25) is 0 Å². The van der Waals surface area contributed by atoms with Crippen LogP contribution >= 0.6 is 0 Å². The number of fused-ring (bicyclic) bond motifs is 3. The van der Waals surface area contributed by atoms with Gasteiger partial charge in [0.15, 0.2) is 0 Å². The third-order valence-electron chi connectivity index (χ3n) is 10.8. The second-order valence-electron chi connectivity index (χ2n) is 14.0. The van der Waals surface area contributed by atoms with Crippen molar-refractivity contribution in [1.29, 1.82) is 0 Å². The summed E-state index contributed by atoms with van der Waals surface area (Å²) in [6.07, 6.45) is 5.27. The maximum absolute atomic E-state index is 14.5. The van der Waals surface area contributed by atoms with Gasteiger partial charge >= 0.3 is 0 Å². The summed E-state index contributed by atoms with van der Waals surface area (Å²) in [4.78, 5) is 13.3. The van der Waals surface area contributed by atoms with Gasteiger partial charge in [-0.1, -0.05) is 105 Å². The Hall–Kier alpha value is -6.59. The van der Waals surface area contributed by atoms with E-state index in [0.29, 0.717) is 0 Å². The summed E-state index contributed by atoms with van der Waals surface area (Å²) < 4.78 is 14.5. The highest BCUT2D eigenvalue weighted by Crippen LogP contribution is 2.55. The number of nitrogens with zero attached hydrogens (tertiary/aromatic N) is 4. The smallest absolute Gasteiger partial charge is 0.123 e. The minimum atomic E-state index is -0.261. The average Bonchev–Trinajstić information content (AvgIpc) is 3.43. The summed E-state index contributed by atoms with van der Waals surface area (Å²) in [6.45, 7) is 4.61. The molecule has 0 radical (unpaired) electrons. The van der Waals surface area contributed by atoms with Crippen LogP contribution in [0.3, 0.4) is 0 Å². The molecular formula is C47H33FN4. The van der Waals surface area contributed by atoms with Crippen molar-refractivity contribution in [3.05, 3.63) is 181 Å². The van der Waals surface area contributed by atoms with E-state index in [4.69, 9.17) is 0 Å². The summed E-state index contributed by atoms with van der Waals surface area (Å²) >= 11 is 0. The van der Waals surface area contributed by atoms with Crippen LogP contribution in [0.1, 0.15) is 25.0 Å². The first-order valence-electron chi connectivity index (χ1n) is 17.6. The zero-order valence-electron chi connectivity index (χ0n) is 28.8. The first kappa shape index (κ1) is 30.3. The van der Waals surface area contributed by atoms with Crippen molar-refractivity contribution in [3.63, 3.8) is 0 Å². The van der Waals surface area contributed by atoms with E-state index in [-0.39, 0.29) is 11.2 Å². The Balaban J connectivity index is 1.26. The molecule has 9 aromatic rings. The Morgan fingerprint density at radius 2 is 1.06 bits per heavy atom. The molecule has 52 heavy (non-hydrogen) atoms. The molecule has 1 heterocycles. The zero-order valence-corrected chi connectivity index (χ0v) is 28.8. The molecule has 0 spiro atoms. The quantitative estimate of drug-likeness (QED) is 0.165. The first-order chi connectivity index (χ1) is 25.5. The van der Waals surface area contributed by atoms with Crippen LogP contribution in [0.2, 0.25) is 0 Å². The summed E-state index contributed by atoms with van der Waals surface area (Å²) in [6, 6.07) is 50.4. The Kier molecular flexibility index (Phi) is 6.67. The van der Waals surface area contributed by atoms with Crippen LogP contribution in [-0.4, -0.2) is 9.97 Å². The van der Waals surface area contributed by atoms with E-state index >= 15 is 0 Å². The molecular weight excluding hydrogens is 640 g/mol. The van der Waals surface area contributed by atoms with Gasteiger partial charge in [-0.2, -0.15) is 0 Å². The lowest BCUT2D eigenvalue weighted by molar-refractivity contribution is 0.628. The first-order valence-corrected chi connectivity index (χ1v) is 17.6. The second-order valence-corrected chi connectivity index (χ2v) is 14.0. The maximum Gasteiger partial charge on any atom is 0.123 e. The van der Waals surface area contributed by atoms with Crippen molar-refractivity contribution in [1.82, 2.24) is 9.97 Å². The molecule has 0 fully saturated rings. The van der Waals surface area contributed by atoms with Gasteiger partial charge in [0, 0.05) is 33.1 Å². The van der Waals surface area contributed by atoms with Gasteiger partial charge < -0.3 is 9.80 Å². The fraction of sp³-hybridized carbons (Fsp3) is 0.0638. The normalized spacial score (nSPS) is 13.1. The summed E-state index contributed by atoms with van der Waals surface area (Å²) in [5.74, 6) is -0.261. The van der Waals surface area contributed by atoms with Crippen molar-refractivity contribution in [3.8, 4) is 11.1 Å². The van der Waals surface area contributed by atoms with E-state index in [2.05, 4.69) is 149 Å². The van der Waals surface area contributed by atoms with E-state index in [1.807, 2.05) is 30.6 Å². The van der Waals surface area contributed by atoms with Gasteiger partial charge in [-0.25, -0.2) is 14.4 Å². The molecule has 0 atom stereocenters. The van der Waals surface area contributed by atoms with Gasteiger partial charge in [-0.15, -0.1) is 0 Å². The van der Waals surface area contributed by atoms with Crippen molar-refractivity contribution >= 4 is 66.4 Å². The number of halogens is 1. The molecule has 8 aromatic carbocycles. The molecule has 5 heteroatoms. The molecule has 0 unspecified atom stereocenters. The molecule has 0 saturated heterocycles. The van der Waals surface area contributed by atoms with Crippen LogP contribution in [0.25, 0.3) is 43.4 Å². The minimum Gasteiger partial charge on any atom is -0.309 e. The molecule has 1 aliphatic carbocycles. The summed E-state index contributed by atoms with van der Waals surface area (Å²) in [5, 5.41) is 6.95. The molecule has 4 nitrogen and oxygen atoms in total. The molecule has 0 N–H and O–H groups in total. The third-order valence-corrected chi connectivity index (χ3v) is 10.8. The standard InChI is InChI=1S/C47H33FN4/c1-47(2)39-12-7-6-11-36(39)46-40(47)13-8-14-43(46)52(34-21-19-32(48)20-22-34)42-26-18-31-15-23-37-41(25-17-30-16-24-38(42)45(31)44(30)37)51(33-9-4-3-5-10-33)35-27-49-29-50-28-35/h3-29H,1-2H3. The molecule has 1 aromatic heterocycles. The number of hydrogen-bond acceptors (Lipinski definition) is 4. The van der Waals surface area contributed by atoms with Gasteiger partial charge in [0.05, 0.1) is 35.1 Å². The van der Waals surface area contributed by atoms with Crippen LogP contribution in [0.4, 0.5) is 38.5 Å². The molecule has 0 aliphatic heterocycles. The zero-order chi connectivity index (χ0) is 35.0. The fourth-order valence-corrected chi connectivity index (χ4v) is 8.49. The highest BCUT2D eigenvalue weighted by atomic mass is 19.1. The number of benzene rings is 8. The van der Waals surface area contributed by atoms with Crippen molar-refractivity contribution in [2.24, 2.45) is 0 Å². The molecule has 1 aliphatic rings. The molecule has 248 valence electrons. The molecule has 0 saturated carbocycles. The number of para-hydroxylation sites is 1. The Morgan fingerprint density at radius 3 is 1.75 bits per heavy atom. The Bertz CT molecular complexity index is 2740. The SMILES string of the molecule is CC1(C)c2ccccc2-c2c(N(c3ccc(F)cc3)c3ccc4ccc5c(N(c6ccccc6)c6cncnc6)ccc6ccc3c4c65)cccc21. The van der Waals surface area contributed by atoms with E-state index in [1.165, 1.54) is 33.0 Å². The fourth-order valence-electron chi connectivity index (χ4n) is 8.49. The Morgan fingerprint density at radius 1 is 0.481 bits per heavy atom. The van der Waals surface area contributed by atoms with Crippen molar-refractivity contribution in [2.75, 3.05) is 9.80 Å². The predicted octanol–water partition coefficient (Wildman–Crippen LogP) is 12.8. The molecule has 0 bridgehead atoms. The van der Waals surface area contributed by atoms with Gasteiger partial charge in [-0.3, -0.25) is 0 Å². The van der Waals surface area contributed by atoms with Crippen LogP contribution in [0, 0.1) is 5.82 Å². The number of anilines is 6. The number of hydrogen-bond donors (Lipinski definition) is 0. The highest BCUT2D eigenvalue weighted by Gasteiger charge is 2.38. The largest absolute Gasteiger partial charge is 0.309 e. The predicted molar refractivity (Wildman–Crippen MR) is 213 cm³/mol. The van der Waals surface area contributed by atoms with Crippen LogP contribution in [0.5, 0.6) is 0 Å². The molecule has 10 rings (SSSR count). The van der Waals surface area contributed by atoms with E-state index in [0.717, 1.165) is 55.7 Å².